The van der Waals surface area contributed by atoms with Crippen molar-refractivity contribution < 1.29 is 14.3 Å². The Morgan fingerprint density at radius 2 is 1.89 bits per heavy atom. The second kappa shape index (κ2) is 4.69. The summed E-state index contributed by atoms with van der Waals surface area (Å²) in [5.41, 5.74) is 1.43. The summed E-state index contributed by atoms with van der Waals surface area (Å²) in [7, 11) is 0. The quantitative estimate of drug-likeness (QED) is 0.783. The van der Waals surface area contributed by atoms with Crippen molar-refractivity contribution >= 4 is 28.8 Å². The number of hydrogen-bond acceptors (Lipinski definition) is 6. The molecule has 0 bridgehead atoms. The highest BCUT2D eigenvalue weighted by atomic mass is 32.2. The third-order valence-electron chi connectivity index (χ3n) is 2.33. The molecule has 0 aliphatic carbocycles. The zero-order valence-corrected chi connectivity index (χ0v) is 10.3. The van der Waals surface area contributed by atoms with Crippen LogP contribution in [0.25, 0.3) is 11.0 Å². The average Bonchev–Trinajstić information content (AvgIpc) is 2.87. The van der Waals surface area contributed by atoms with Gasteiger partial charge in [0.25, 0.3) is 0 Å². The van der Waals surface area contributed by atoms with E-state index in [0.717, 1.165) is 17.3 Å². The van der Waals surface area contributed by atoms with Crippen LogP contribution in [0.15, 0.2) is 51.1 Å². The summed E-state index contributed by atoms with van der Waals surface area (Å²) in [6.45, 7) is 0. The van der Waals surface area contributed by atoms with Crippen molar-refractivity contribution in [3.05, 3.63) is 42.2 Å². The molecule has 0 radical (unpaired) electrons. The Hall–Kier alpha value is -2.41. The molecule has 19 heavy (non-hydrogen) atoms. The molecule has 0 aliphatic rings. The van der Waals surface area contributed by atoms with Gasteiger partial charge in [-0.05, 0) is 36.0 Å². The Morgan fingerprint density at radius 1 is 1.11 bits per heavy atom. The summed E-state index contributed by atoms with van der Waals surface area (Å²) in [6.07, 6.45) is 0. The zero-order chi connectivity index (χ0) is 13.2. The van der Waals surface area contributed by atoms with Crippen molar-refractivity contribution in [1.82, 2.24) is 15.2 Å². The van der Waals surface area contributed by atoms with E-state index in [9.17, 15) is 4.79 Å². The normalized spacial score (nSPS) is 10.7. The molecule has 0 atom stereocenters. The van der Waals surface area contributed by atoms with E-state index in [2.05, 4.69) is 15.2 Å². The molecule has 0 aliphatic heterocycles. The summed E-state index contributed by atoms with van der Waals surface area (Å²) in [4.78, 5) is 15.0. The number of aromatic carboxylic acids is 1. The van der Waals surface area contributed by atoms with Gasteiger partial charge in [0.05, 0.1) is 5.52 Å². The molecule has 7 heteroatoms. The van der Waals surface area contributed by atoms with E-state index >= 15 is 0 Å². The number of carboxylic acids is 1. The minimum atomic E-state index is -1.11. The SMILES string of the molecule is O=C(O)c1ccc(Sc2nnc3ccccc3n2)o1. The van der Waals surface area contributed by atoms with Crippen LogP contribution < -0.4 is 0 Å². The average molecular weight is 273 g/mol. The molecule has 94 valence electrons. The van der Waals surface area contributed by atoms with Crippen molar-refractivity contribution in [3.8, 4) is 0 Å². The Kier molecular flexibility index (Phi) is 2.88. The molecular formula is C12H7N3O3S. The number of aromatic nitrogens is 3. The molecule has 0 fully saturated rings. The van der Waals surface area contributed by atoms with Crippen molar-refractivity contribution in [2.24, 2.45) is 0 Å². The Labute approximate surface area is 111 Å². The maximum absolute atomic E-state index is 10.7. The van der Waals surface area contributed by atoms with Crippen LogP contribution in [0.2, 0.25) is 0 Å². The van der Waals surface area contributed by atoms with Crippen molar-refractivity contribution in [2.45, 2.75) is 10.2 Å². The molecule has 2 heterocycles. The number of furan rings is 1. The summed E-state index contributed by atoms with van der Waals surface area (Å²) < 4.78 is 5.12. The number of hydrogen-bond donors (Lipinski definition) is 1. The number of fused-ring (bicyclic) bond motifs is 1. The molecule has 0 spiro atoms. The van der Waals surface area contributed by atoms with E-state index in [1.165, 1.54) is 6.07 Å². The van der Waals surface area contributed by atoms with Gasteiger partial charge < -0.3 is 9.52 Å². The van der Waals surface area contributed by atoms with Crippen LogP contribution in [0.3, 0.4) is 0 Å². The van der Waals surface area contributed by atoms with Gasteiger partial charge >= 0.3 is 5.97 Å². The molecular weight excluding hydrogens is 266 g/mol. The summed E-state index contributed by atoms with van der Waals surface area (Å²) in [6, 6.07) is 10.3. The standard InChI is InChI=1S/C12H7N3O3S/c16-11(17)9-5-6-10(18-9)19-12-13-7-3-1-2-4-8(7)14-15-12/h1-6H,(H,16,17). The number of para-hydroxylation sites is 1. The summed E-state index contributed by atoms with van der Waals surface area (Å²) >= 11 is 1.13. The smallest absolute Gasteiger partial charge is 0.371 e. The summed E-state index contributed by atoms with van der Waals surface area (Å²) in [5, 5.41) is 17.6. The van der Waals surface area contributed by atoms with Crippen molar-refractivity contribution in [2.75, 3.05) is 0 Å². The largest absolute Gasteiger partial charge is 0.475 e. The van der Waals surface area contributed by atoms with E-state index in [0.29, 0.717) is 15.8 Å². The second-order valence-corrected chi connectivity index (χ2v) is 4.58. The molecule has 6 nitrogen and oxygen atoms in total. The Morgan fingerprint density at radius 3 is 2.63 bits per heavy atom. The lowest BCUT2D eigenvalue weighted by Crippen LogP contribution is -1.92. The monoisotopic (exact) mass is 273 g/mol. The number of benzene rings is 1. The Bertz CT molecular complexity index is 757. The van der Waals surface area contributed by atoms with E-state index in [-0.39, 0.29) is 5.76 Å². The lowest BCUT2D eigenvalue weighted by Gasteiger charge is -1.98. The van der Waals surface area contributed by atoms with Crippen LogP contribution in [-0.2, 0) is 0 Å². The van der Waals surface area contributed by atoms with E-state index in [1.807, 2.05) is 24.3 Å². The zero-order valence-electron chi connectivity index (χ0n) is 9.48. The van der Waals surface area contributed by atoms with Crippen LogP contribution in [0.5, 0.6) is 0 Å². The van der Waals surface area contributed by atoms with Crippen LogP contribution in [0.4, 0.5) is 0 Å². The van der Waals surface area contributed by atoms with Gasteiger partial charge in [-0.25, -0.2) is 9.78 Å². The third kappa shape index (κ3) is 2.41. The molecule has 0 amide bonds. The van der Waals surface area contributed by atoms with Gasteiger partial charge in [0.15, 0.2) is 5.09 Å². The third-order valence-corrected chi connectivity index (χ3v) is 3.10. The van der Waals surface area contributed by atoms with Gasteiger partial charge in [-0.2, -0.15) is 0 Å². The lowest BCUT2D eigenvalue weighted by molar-refractivity contribution is 0.0656. The molecule has 0 saturated heterocycles. The maximum atomic E-state index is 10.7. The number of carboxylic acid groups (broad SMARTS) is 1. The molecule has 1 aromatic carbocycles. The molecule has 0 unspecified atom stereocenters. The summed E-state index contributed by atoms with van der Waals surface area (Å²) in [5.74, 6) is -1.22. The highest BCUT2D eigenvalue weighted by Crippen LogP contribution is 2.26. The van der Waals surface area contributed by atoms with E-state index in [1.54, 1.807) is 6.07 Å². The first kappa shape index (κ1) is 11.7. The fraction of sp³-hybridized carbons (Fsp3) is 0. The first-order chi connectivity index (χ1) is 9.22. The van der Waals surface area contributed by atoms with Gasteiger partial charge in [0, 0.05) is 0 Å². The van der Waals surface area contributed by atoms with Crippen LogP contribution in [0.1, 0.15) is 10.6 Å². The van der Waals surface area contributed by atoms with Gasteiger partial charge in [0.2, 0.25) is 10.9 Å². The topological polar surface area (TPSA) is 89.1 Å². The van der Waals surface area contributed by atoms with Gasteiger partial charge in [-0.15, -0.1) is 10.2 Å². The first-order valence-corrected chi connectivity index (χ1v) is 6.14. The fourth-order valence-corrected chi connectivity index (χ4v) is 2.16. The van der Waals surface area contributed by atoms with Crippen LogP contribution in [-0.4, -0.2) is 26.3 Å². The van der Waals surface area contributed by atoms with E-state index in [4.69, 9.17) is 9.52 Å². The fourth-order valence-electron chi connectivity index (χ4n) is 1.49. The molecule has 1 N–H and O–H groups in total. The highest BCUT2D eigenvalue weighted by Gasteiger charge is 2.11. The number of carbonyl (C=O) groups is 1. The van der Waals surface area contributed by atoms with Crippen LogP contribution in [0, 0.1) is 0 Å². The molecule has 2 aromatic heterocycles. The maximum Gasteiger partial charge on any atom is 0.371 e. The lowest BCUT2D eigenvalue weighted by atomic mass is 10.3. The number of nitrogens with zero attached hydrogens (tertiary/aromatic N) is 3. The van der Waals surface area contributed by atoms with Crippen molar-refractivity contribution in [3.63, 3.8) is 0 Å². The first-order valence-electron chi connectivity index (χ1n) is 5.33. The predicted octanol–water partition coefficient (Wildman–Crippen LogP) is 2.47. The highest BCUT2D eigenvalue weighted by molar-refractivity contribution is 7.99. The minimum absolute atomic E-state index is 0.115. The van der Waals surface area contributed by atoms with E-state index < -0.39 is 5.97 Å². The number of rotatable bonds is 3. The van der Waals surface area contributed by atoms with Gasteiger partial charge in [-0.3, -0.25) is 0 Å². The van der Waals surface area contributed by atoms with Gasteiger partial charge in [0.1, 0.15) is 5.52 Å². The second-order valence-electron chi connectivity index (χ2n) is 3.61. The molecule has 3 rings (SSSR count). The Balaban J connectivity index is 1.89. The molecule has 3 aromatic rings. The van der Waals surface area contributed by atoms with Crippen molar-refractivity contribution in [1.29, 1.82) is 0 Å². The minimum Gasteiger partial charge on any atom is -0.475 e. The van der Waals surface area contributed by atoms with Crippen LogP contribution >= 0.6 is 11.8 Å². The van der Waals surface area contributed by atoms with Gasteiger partial charge in [-0.1, -0.05) is 12.1 Å². The predicted molar refractivity (Wildman–Crippen MR) is 67.1 cm³/mol. The molecule has 0 saturated carbocycles.